The molecule has 1 saturated carbocycles. The second kappa shape index (κ2) is 5.68. The minimum atomic E-state index is -0.658. The molecule has 2 rings (SSSR count). The largest absolute Gasteiger partial charge is 0.335 e. The van der Waals surface area contributed by atoms with Gasteiger partial charge in [0, 0.05) is 23.7 Å². The summed E-state index contributed by atoms with van der Waals surface area (Å²) < 4.78 is 0. The van der Waals surface area contributed by atoms with Gasteiger partial charge in [0.15, 0.2) is 0 Å². The number of nitro benzene ring substituents is 1. The van der Waals surface area contributed by atoms with E-state index in [9.17, 15) is 19.7 Å². The molecule has 0 radical (unpaired) electrons. The number of nitro groups is 1. The highest BCUT2D eigenvalue weighted by Gasteiger charge is 2.29. The zero-order valence-electron chi connectivity index (χ0n) is 11.0. The summed E-state index contributed by atoms with van der Waals surface area (Å²) in [7, 11) is 0. The van der Waals surface area contributed by atoms with Crippen molar-refractivity contribution in [3.05, 3.63) is 39.9 Å². The first-order valence-electron chi connectivity index (χ1n) is 6.33. The van der Waals surface area contributed by atoms with Gasteiger partial charge in [-0.2, -0.15) is 0 Å². The molecule has 2 N–H and O–H groups in total. The van der Waals surface area contributed by atoms with E-state index in [0.717, 1.165) is 18.9 Å². The number of nitrogens with zero attached hydrogens (tertiary/aromatic N) is 1. The van der Waals surface area contributed by atoms with Crippen molar-refractivity contribution in [3.8, 4) is 0 Å². The van der Waals surface area contributed by atoms with Gasteiger partial charge in [0.05, 0.1) is 4.92 Å². The van der Waals surface area contributed by atoms with Crippen molar-refractivity contribution >= 4 is 17.6 Å². The van der Waals surface area contributed by atoms with Gasteiger partial charge in [0.25, 0.3) is 11.6 Å². The third-order valence-corrected chi connectivity index (χ3v) is 3.23. The minimum Gasteiger partial charge on any atom is -0.335 e. The number of hydrogen-bond donors (Lipinski definition) is 2. The van der Waals surface area contributed by atoms with Gasteiger partial charge >= 0.3 is 6.03 Å². The lowest BCUT2D eigenvalue weighted by Crippen LogP contribution is -2.44. The average molecular weight is 277 g/mol. The Hall–Kier alpha value is -2.44. The molecule has 3 amide bonds. The Morgan fingerprint density at radius 3 is 2.70 bits per heavy atom. The molecule has 1 aromatic carbocycles. The van der Waals surface area contributed by atoms with Crippen LogP contribution in [0.25, 0.3) is 0 Å². The second-order valence-electron chi connectivity index (χ2n) is 4.86. The monoisotopic (exact) mass is 277 g/mol. The van der Waals surface area contributed by atoms with Crippen LogP contribution in [-0.4, -0.2) is 22.9 Å². The van der Waals surface area contributed by atoms with E-state index in [1.807, 2.05) is 6.92 Å². The third kappa shape index (κ3) is 3.53. The molecule has 0 unspecified atom stereocenters. The molecule has 7 heteroatoms. The van der Waals surface area contributed by atoms with E-state index in [2.05, 4.69) is 10.6 Å². The van der Waals surface area contributed by atoms with Gasteiger partial charge in [0.2, 0.25) is 0 Å². The first kappa shape index (κ1) is 14.0. The van der Waals surface area contributed by atoms with Crippen molar-refractivity contribution in [2.24, 2.45) is 5.92 Å². The SMILES string of the molecule is C[C@H](NC(=O)NC(=O)c1cccc([N+](=O)[O-])c1)C1CC1. The minimum absolute atomic E-state index is 0.0212. The quantitative estimate of drug-likeness (QED) is 0.647. The summed E-state index contributed by atoms with van der Waals surface area (Å²) in [6, 6.07) is 4.67. The standard InChI is InChI=1S/C13H15N3O4/c1-8(9-5-6-9)14-13(18)15-12(17)10-3-2-4-11(7-10)16(19)20/h2-4,7-9H,5-6H2,1H3,(H2,14,15,17,18)/t8-/m0/s1. The van der Waals surface area contributed by atoms with E-state index in [1.165, 1.54) is 18.2 Å². The Labute approximate surface area is 115 Å². The van der Waals surface area contributed by atoms with E-state index < -0.39 is 16.9 Å². The molecule has 1 aliphatic carbocycles. The molecular formula is C13H15N3O4. The van der Waals surface area contributed by atoms with E-state index >= 15 is 0 Å². The highest BCUT2D eigenvalue weighted by Crippen LogP contribution is 2.32. The number of carbonyl (C=O) groups excluding carboxylic acids is 2. The van der Waals surface area contributed by atoms with Crippen molar-refractivity contribution in [2.45, 2.75) is 25.8 Å². The van der Waals surface area contributed by atoms with E-state index in [-0.39, 0.29) is 17.3 Å². The maximum absolute atomic E-state index is 11.8. The highest BCUT2D eigenvalue weighted by atomic mass is 16.6. The van der Waals surface area contributed by atoms with Gasteiger partial charge in [-0.05, 0) is 31.7 Å². The molecule has 1 atom stereocenters. The van der Waals surface area contributed by atoms with Crippen LogP contribution in [0.2, 0.25) is 0 Å². The topological polar surface area (TPSA) is 101 Å². The van der Waals surface area contributed by atoms with Gasteiger partial charge < -0.3 is 5.32 Å². The van der Waals surface area contributed by atoms with Crippen molar-refractivity contribution in [1.29, 1.82) is 0 Å². The number of urea groups is 1. The molecule has 0 aliphatic heterocycles. The van der Waals surface area contributed by atoms with E-state index in [4.69, 9.17) is 0 Å². The van der Waals surface area contributed by atoms with Crippen LogP contribution >= 0.6 is 0 Å². The Kier molecular flexibility index (Phi) is 3.97. The van der Waals surface area contributed by atoms with Crippen molar-refractivity contribution in [3.63, 3.8) is 0 Å². The van der Waals surface area contributed by atoms with Crippen LogP contribution in [0.4, 0.5) is 10.5 Å². The summed E-state index contributed by atoms with van der Waals surface area (Å²) in [5.74, 6) is -0.178. The number of hydrogen-bond acceptors (Lipinski definition) is 4. The number of non-ortho nitro benzene ring substituents is 1. The lowest BCUT2D eigenvalue weighted by atomic mass is 10.2. The first-order chi connectivity index (χ1) is 9.47. The summed E-state index contributed by atoms with van der Waals surface area (Å²) >= 11 is 0. The zero-order chi connectivity index (χ0) is 14.7. The summed E-state index contributed by atoms with van der Waals surface area (Å²) in [4.78, 5) is 33.4. The maximum Gasteiger partial charge on any atom is 0.321 e. The fraction of sp³-hybridized carbons (Fsp3) is 0.385. The number of imide groups is 1. The lowest BCUT2D eigenvalue weighted by molar-refractivity contribution is -0.384. The molecule has 0 aromatic heterocycles. The first-order valence-corrected chi connectivity index (χ1v) is 6.33. The highest BCUT2D eigenvalue weighted by molar-refractivity contribution is 6.04. The molecular weight excluding hydrogens is 262 g/mol. The van der Waals surface area contributed by atoms with E-state index in [1.54, 1.807) is 0 Å². The number of benzene rings is 1. The van der Waals surface area contributed by atoms with Crippen LogP contribution in [0.5, 0.6) is 0 Å². The maximum atomic E-state index is 11.8. The molecule has 0 spiro atoms. The number of nitrogens with one attached hydrogen (secondary N) is 2. The summed E-state index contributed by atoms with van der Waals surface area (Å²) in [5, 5.41) is 15.5. The van der Waals surface area contributed by atoms with Crippen molar-refractivity contribution in [2.75, 3.05) is 0 Å². The summed E-state index contributed by atoms with van der Waals surface area (Å²) in [6.07, 6.45) is 2.17. The smallest absolute Gasteiger partial charge is 0.321 e. The van der Waals surface area contributed by atoms with Crippen LogP contribution in [0, 0.1) is 16.0 Å². The van der Waals surface area contributed by atoms with Crippen molar-refractivity contribution < 1.29 is 14.5 Å². The molecule has 7 nitrogen and oxygen atoms in total. The lowest BCUT2D eigenvalue weighted by Gasteiger charge is -2.12. The average Bonchev–Trinajstić information content (AvgIpc) is 3.22. The van der Waals surface area contributed by atoms with Crippen LogP contribution in [-0.2, 0) is 0 Å². The fourth-order valence-electron chi connectivity index (χ4n) is 1.89. The Morgan fingerprint density at radius 2 is 2.10 bits per heavy atom. The van der Waals surface area contributed by atoms with Crippen LogP contribution in [0.3, 0.4) is 0 Å². The number of amides is 3. The van der Waals surface area contributed by atoms with Gasteiger partial charge in [-0.1, -0.05) is 6.07 Å². The van der Waals surface area contributed by atoms with Crippen LogP contribution < -0.4 is 10.6 Å². The molecule has 0 saturated heterocycles. The summed E-state index contributed by atoms with van der Waals surface area (Å²) in [5.41, 5.74) is -0.113. The van der Waals surface area contributed by atoms with E-state index in [0.29, 0.717) is 5.92 Å². The molecule has 1 aliphatic rings. The van der Waals surface area contributed by atoms with Gasteiger partial charge in [-0.25, -0.2) is 4.79 Å². The Balaban J connectivity index is 1.95. The normalized spacial score (nSPS) is 15.2. The Morgan fingerprint density at radius 1 is 1.40 bits per heavy atom. The van der Waals surface area contributed by atoms with Crippen molar-refractivity contribution in [1.82, 2.24) is 10.6 Å². The molecule has 1 fully saturated rings. The molecule has 1 aromatic rings. The summed E-state index contributed by atoms with van der Waals surface area (Å²) in [6.45, 7) is 1.88. The molecule has 106 valence electrons. The molecule has 0 bridgehead atoms. The fourth-order valence-corrected chi connectivity index (χ4v) is 1.89. The zero-order valence-corrected chi connectivity index (χ0v) is 11.0. The van der Waals surface area contributed by atoms with Crippen LogP contribution in [0.1, 0.15) is 30.1 Å². The molecule has 20 heavy (non-hydrogen) atoms. The van der Waals surface area contributed by atoms with Crippen LogP contribution in [0.15, 0.2) is 24.3 Å². The second-order valence-corrected chi connectivity index (χ2v) is 4.86. The third-order valence-electron chi connectivity index (χ3n) is 3.23. The predicted molar refractivity (Wildman–Crippen MR) is 71.3 cm³/mol. The predicted octanol–water partition coefficient (Wildman–Crippen LogP) is 1.83. The number of rotatable bonds is 4. The number of carbonyl (C=O) groups is 2. The Bertz CT molecular complexity index is 554. The van der Waals surface area contributed by atoms with Gasteiger partial charge in [0.1, 0.15) is 0 Å². The van der Waals surface area contributed by atoms with Gasteiger partial charge in [-0.3, -0.25) is 20.2 Å². The molecule has 0 heterocycles. The van der Waals surface area contributed by atoms with Gasteiger partial charge in [-0.15, -0.1) is 0 Å².